The molecule has 0 saturated heterocycles. The van der Waals surface area contributed by atoms with Crippen molar-refractivity contribution < 1.29 is 13.2 Å². The van der Waals surface area contributed by atoms with Gasteiger partial charge in [0.25, 0.3) is 0 Å². The van der Waals surface area contributed by atoms with E-state index in [-0.39, 0.29) is 0 Å². The van der Waals surface area contributed by atoms with Crippen LogP contribution in [0.25, 0.3) is 5.69 Å². The van der Waals surface area contributed by atoms with Crippen molar-refractivity contribution in [2.45, 2.75) is 19.0 Å². The lowest BCUT2D eigenvalue weighted by molar-refractivity contribution is -0.137. The smallest absolute Gasteiger partial charge is 0.321 e. The molecule has 1 aromatic carbocycles. The number of aryl methyl sites for hydroxylation is 1. The standard InChI is InChI=1S/C16H19F3N2/c1-20(2)11-3-5-14-6-4-12-21(14)15-9-7-13(8-10-15)16(17,18)19/h4,6-10,12H,3,5,11H2,1-2H3. The molecule has 1 heterocycles. The fraction of sp³-hybridized carbons (Fsp3) is 0.375. The van der Waals surface area contributed by atoms with Gasteiger partial charge in [-0.1, -0.05) is 0 Å². The molecule has 2 rings (SSSR count). The zero-order valence-electron chi connectivity index (χ0n) is 12.2. The van der Waals surface area contributed by atoms with Gasteiger partial charge in [-0.3, -0.25) is 0 Å². The van der Waals surface area contributed by atoms with E-state index in [0.717, 1.165) is 42.9 Å². The van der Waals surface area contributed by atoms with Gasteiger partial charge in [0.05, 0.1) is 5.56 Å². The predicted octanol–water partition coefficient (Wildman–Crippen LogP) is 3.99. The maximum atomic E-state index is 12.6. The van der Waals surface area contributed by atoms with E-state index in [9.17, 15) is 13.2 Å². The minimum Gasteiger partial charge on any atom is -0.321 e. The highest BCUT2D eigenvalue weighted by Crippen LogP contribution is 2.29. The van der Waals surface area contributed by atoms with Gasteiger partial charge < -0.3 is 9.47 Å². The normalized spacial score (nSPS) is 12.1. The molecule has 0 radical (unpaired) electrons. The zero-order valence-corrected chi connectivity index (χ0v) is 12.2. The summed E-state index contributed by atoms with van der Waals surface area (Å²) >= 11 is 0. The molecule has 0 aliphatic rings. The highest BCUT2D eigenvalue weighted by atomic mass is 19.4. The second-order valence-electron chi connectivity index (χ2n) is 5.32. The van der Waals surface area contributed by atoms with E-state index in [1.807, 2.05) is 37.0 Å². The van der Waals surface area contributed by atoms with Gasteiger partial charge in [0.1, 0.15) is 0 Å². The Morgan fingerprint density at radius 1 is 1.05 bits per heavy atom. The molecule has 1 aromatic heterocycles. The summed E-state index contributed by atoms with van der Waals surface area (Å²) in [5, 5.41) is 0. The lowest BCUT2D eigenvalue weighted by Crippen LogP contribution is -2.14. The van der Waals surface area contributed by atoms with Gasteiger partial charge in [-0.05, 0) is 69.9 Å². The van der Waals surface area contributed by atoms with E-state index in [1.54, 1.807) is 0 Å². The maximum absolute atomic E-state index is 12.6. The molecule has 114 valence electrons. The largest absolute Gasteiger partial charge is 0.416 e. The molecule has 2 aromatic rings. The minimum absolute atomic E-state index is 0.618. The number of hydrogen-bond donors (Lipinski definition) is 0. The first-order chi connectivity index (χ1) is 9.88. The molecule has 21 heavy (non-hydrogen) atoms. The van der Waals surface area contributed by atoms with Crippen molar-refractivity contribution in [3.8, 4) is 5.69 Å². The average Bonchev–Trinajstić information content (AvgIpc) is 2.86. The summed E-state index contributed by atoms with van der Waals surface area (Å²) in [6, 6.07) is 9.20. The van der Waals surface area contributed by atoms with Crippen LogP contribution in [0.2, 0.25) is 0 Å². The van der Waals surface area contributed by atoms with Gasteiger partial charge in [0.2, 0.25) is 0 Å². The number of aromatic nitrogens is 1. The van der Waals surface area contributed by atoms with Gasteiger partial charge in [-0.15, -0.1) is 0 Å². The second-order valence-corrected chi connectivity index (χ2v) is 5.32. The average molecular weight is 296 g/mol. The van der Waals surface area contributed by atoms with Gasteiger partial charge in [0.15, 0.2) is 0 Å². The van der Waals surface area contributed by atoms with Crippen LogP contribution in [-0.2, 0) is 12.6 Å². The summed E-state index contributed by atoms with van der Waals surface area (Å²) < 4.78 is 39.7. The lowest BCUT2D eigenvalue weighted by atomic mass is 10.2. The van der Waals surface area contributed by atoms with E-state index in [2.05, 4.69) is 4.90 Å². The first-order valence-electron chi connectivity index (χ1n) is 6.86. The zero-order chi connectivity index (χ0) is 15.5. The third-order valence-corrected chi connectivity index (χ3v) is 3.34. The summed E-state index contributed by atoms with van der Waals surface area (Å²) in [4.78, 5) is 2.12. The van der Waals surface area contributed by atoms with Crippen LogP contribution in [0.1, 0.15) is 17.7 Å². The fourth-order valence-electron chi connectivity index (χ4n) is 2.26. The van der Waals surface area contributed by atoms with Crippen LogP contribution in [0, 0.1) is 0 Å². The first-order valence-corrected chi connectivity index (χ1v) is 6.86. The molecule has 0 bridgehead atoms. The van der Waals surface area contributed by atoms with Crippen molar-refractivity contribution in [3.63, 3.8) is 0 Å². The Bertz CT molecular complexity index is 568. The summed E-state index contributed by atoms with van der Waals surface area (Å²) in [6.45, 7) is 0.984. The summed E-state index contributed by atoms with van der Waals surface area (Å²) in [5.41, 5.74) is 1.25. The second kappa shape index (κ2) is 6.35. The molecule has 0 saturated carbocycles. The summed E-state index contributed by atoms with van der Waals surface area (Å²) in [7, 11) is 4.05. The predicted molar refractivity (Wildman–Crippen MR) is 77.6 cm³/mol. The molecular formula is C16H19F3N2. The molecule has 0 spiro atoms. The Morgan fingerprint density at radius 2 is 1.71 bits per heavy atom. The molecular weight excluding hydrogens is 277 g/mol. The number of benzene rings is 1. The molecule has 0 aliphatic heterocycles. The highest BCUT2D eigenvalue weighted by molar-refractivity contribution is 5.38. The van der Waals surface area contributed by atoms with Crippen LogP contribution in [0.4, 0.5) is 13.2 Å². The molecule has 0 fully saturated rings. The number of halogens is 3. The highest BCUT2D eigenvalue weighted by Gasteiger charge is 2.30. The van der Waals surface area contributed by atoms with E-state index >= 15 is 0 Å². The van der Waals surface area contributed by atoms with Crippen LogP contribution < -0.4 is 0 Å². The summed E-state index contributed by atoms with van der Waals surface area (Å²) in [5.74, 6) is 0. The van der Waals surface area contributed by atoms with Crippen LogP contribution in [0.15, 0.2) is 42.6 Å². The number of alkyl halides is 3. The fourth-order valence-corrected chi connectivity index (χ4v) is 2.26. The van der Waals surface area contributed by atoms with Gasteiger partial charge in [-0.2, -0.15) is 13.2 Å². The number of hydrogen-bond acceptors (Lipinski definition) is 1. The van der Waals surface area contributed by atoms with Crippen molar-refractivity contribution in [1.29, 1.82) is 0 Å². The molecule has 0 atom stereocenters. The third kappa shape index (κ3) is 4.11. The molecule has 0 unspecified atom stereocenters. The number of rotatable bonds is 5. The Morgan fingerprint density at radius 3 is 2.29 bits per heavy atom. The summed E-state index contributed by atoms with van der Waals surface area (Å²) in [6.07, 6.45) is -0.499. The molecule has 2 nitrogen and oxygen atoms in total. The molecule has 0 N–H and O–H groups in total. The Labute approximate surface area is 122 Å². The van der Waals surface area contributed by atoms with Crippen molar-refractivity contribution in [2.75, 3.05) is 20.6 Å². The van der Waals surface area contributed by atoms with Gasteiger partial charge in [-0.25, -0.2) is 0 Å². The van der Waals surface area contributed by atoms with Crippen molar-refractivity contribution in [2.24, 2.45) is 0 Å². The van der Waals surface area contributed by atoms with E-state index in [4.69, 9.17) is 0 Å². The Kier molecular flexibility index (Phi) is 4.73. The SMILES string of the molecule is CN(C)CCCc1cccn1-c1ccc(C(F)(F)F)cc1. The number of nitrogens with zero attached hydrogens (tertiary/aromatic N) is 2. The van der Waals surface area contributed by atoms with E-state index < -0.39 is 11.7 Å². The van der Waals surface area contributed by atoms with Gasteiger partial charge >= 0.3 is 6.18 Å². The van der Waals surface area contributed by atoms with E-state index in [1.165, 1.54) is 12.1 Å². The molecule has 0 amide bonds. The van der Waals surface area contributed by atoms with Crippen LogP contribution in [0.3, 0.4) is 0 Å². The third-order valence-electron chi connectivity index (χ3n) is 3.34. The minimum atomic E-state index is -4.29. The lowest BCUT2D eigenvalue weighted by Gasteiger charge is -2.13. The Hall–Kier alpha value is -1.75. The topological polar surface area (TPSA) is 8.17 Å². The first kappa shape index (κ1) is 15.6. The van der Waals surface area contributed by atoms with Crippen LogP contribution in [-0.4, -0.2) is 30.1 Å². The van der Waals surface area contributed by atoms with Crippen LogP contribution >= 0.6 is 0 Å². The monoisotopic (exact) mass is 296 g/mol. The Balaban J connectivity index is 2.13. The molecule has 5 heteroatoms. The van der Waals surface area contributed by atoms with Gasteiger partial charge in [0, 0.05) is 17.6 Å². The van der Waals surface area contributed by atoms with Crippen LogP contribution in [0.5, 0.6) is 0 Å². The van der Waals surface area contributed by atoms with Crippen molar-refractivity contribution >= 4 is 0 Å². The molecule has 0 aliphatic carbocycles. The van der Waals surface area contributed by atoms with Crippen molar-refractivity contribution in [3.05, 3.63) is 53.9 Å². The quantitative estimate of drug-likeness (QED) is 0.810. The van der Waals surface area contributed by atoms with Crippen molar-refractivity contribution in [1.82, 2.24) is 9.47 Å². The maximum Gasteiger partial charge on any atom is 0.416 e. The van der Waals surface area contributed by atoms with E-state index in [0.29, 0.717) is 0 Å².